The fraction of sp³-hybridized carbons (Fsp3) is 0.800. The molecule has 7 heteroatoms. The van der Waals surface area contributed by atoms with Gasteiger partial charge in [-0.05, 0) is 47.5 Å². The molecule has 0 aromatic heterocycles. The van der Waals surface area contributed by atoms with Crippen LogP contribution in [0.25, 0.3) is 0 Å². The van der Waals surface area contributed by atoms with E-state index in [0.29, 0.717) is 25.9 Å². The quantitative estimate of drug-likeness (QED) is 0.748. The Labute approximate surface area is 131 Å². The fourth-order valence-corrected chi connectivity index (χ4v) is 2.85. The number of carbonyl (C=O) groups excluding carboxylic acids is 3. The molecule has 0 bridgehead atoms. The summed E-state index contributed by atoms with van der Waals surface area (Å²) in [6.07, 6.45) is 0.458. The topological polar surface area (TPSA) is 79.0 Å². The lowest BCUT2D eigenvalue weighted by Gasteiger charge is -2.37. The van der Waals surface area contributed by atoms with Crippen molar-refractivity contribution in [2.75, 3.05) is 13.1 Å². The van der Waals surface area contributed by atoms with E-state index in [4.69, 9.17) is 4.74 Å². The lowest BCUT2D eigenvalue weighted by atomic mass is 9.87. The van der Waals surface area contributed by atoms with Gasteiger partial charge in [-0.1, -0.05) is 0 Å². The highest BCUT2D eigenvalue weighted by molar-refractivity contribution is 6.07. The second-order valence-corrected chi connectivity index (χ2v) is 7.25. The van der Waals surface area contributed by atoms with Crippen molar-refractivity contribution in [2.24, 2.45) is 0 Å². The Bertz CT molecular complexity index is 488. The van der Waals surface area contributed by atoms with Crippen LogP contribution >= 0.6 is 0 Å². The number of nitrogens with one attached hydrogen (secondary N) is 1. The molecule has 1 N–H and O–H groups in total. The molecule has 2 aliphatic heterocycles. The van der Waals surface area contributed by atoms with Gasteiger partial charge >= 0.3 is 12.1 Å². The van der Waals surface area contributed by atoms with Gasteiger partial charge in [-0.15, -0.1) is 0 Å². The van der Waals surface area contributed by atoms with Crippen LogP contribution in [-0.4, -0.2) is 58.1 Å². The molecule has 124 valence electrons. The minimum Gasteiger partial charge on any atom is -0.444 e. The summed E-state index contributed by atoms with van der Waals surface area (Å²) in [4.78, 5) is 39.5. The van der Waals surface area contributed by atoms with Gasteiger partial charge in [0.25, 0.3) is 5.91 Å². The summed E-state index contributed by atoms with van der Waals surface area (Å²) in [6, 6.07) is -0.513. The van der Waals surface area contributed by atoms with Gasteiger partial charge in [0.15, 0.2) is 0 Å². The lowest BCUT2D eigenvalue weighted by Crippen LogP contribution is -2.56. The number of imide groups is 1. The average molecular weight is 311 g/mol. The first kappa shape index (κ1) is 16.6. The zero-order valence-corrected chi connectivity index (χ0v) is 13.9. The molecule has 2 saturated heterocycles. The summed E-state index contributed by atoms with van der Waals surface area (Å²) in [5, 5.41) is 2.82. The van der Waals surface area contributed by atoms with E-state index in [1.165, 1.54) is 4.90 Å². The highest BCUT2D eigenvalue weighted by Gasteiger charge is 2.53. The molecule has 2 heterocycles. The maximum atomic E-state index is 12.5. The van der Waals surface area contributed by atoms with Gasteiger partial charge in [0.05, 0.1) is 0 Å². The number of carbonyl (C=O) groups is 3. The van der Waals surface area contributed by atoms with Crippen LogP contribution < -0.4 is 5.32 Å². The third kappa shape index (κ3) is 3.03. The minimum atomic E-state index is -0.861. The zero-order chi connectivity index (χ0) is 16.7. The Hall–Kier alpha value is -1.79. The van der Waals surface area contributed by atoms with Crippen LogP contribution in [0.15, 0.2) is 0 Å². The highest BCUT2D eigenvalue weighted by Crippen LogP contribution is 2.31. The summed E-state index contributed by atoms with van der Waals surface area (Å²) in [6.45, 7) is 9.87. The number of ether oxygens (including phenoxy) is 1. The third-order valence-corrected chi connectivity index (χ3v) is 3.98. The summed E-state index contributed by atoms with van der Waals surface area (Å²) in [5.41, 5.74) is -1.40. The molecule has 2 rings (SSSR count). The predicted octanol–water partition coefficient (Wildman–Crippen LogP) is 1.72. The molecule has 0 radical (unpaired) electrons. The lowest BCUT2D eigenvalue weighted by molar-refractivity contribution is -0.134. The first-order valence-corrected chi connectivity index (χ1v) is 7.69. The summed E-state index contributed by atoms with van der Waals surface area (Å²) in [7, 11) is 0. The first-order chi connectivity index (χ1) is 10.1. The molecular weight excluding hydrogens is 286 g/mol. The molecule has 0 aromatic carbocycles. The van der Waals surface area contributed by atoms with E-state index in [9.17, 15) is 14.4 Å². The minimum absolute atomic E-state index is 0.171. The van der Waals surface area contributed by atoms with Gasteiger partial charge < -0.3 is 15.0 Å². The molecule has 4 amide bonds. The van der Waals surface area contributed by atoms with Gasteiger partial charge in [0, 0.05) is 19.1 Å². The SMILES string of the molecule is CC(C)N1C(=O)NC2(CCN(C(=O)OC(C)(C)C)CC2)C1=O. The van der Waals surface area contributed by atoms with Crippen LogP contribution in [-0.2, 0) is 9.53 Å². The largest absolute Gasteiger partial charge is 0.444 e. The van der Waals surface area contributed by atoms with Crippen molar-refractivity contribution >= 4 is 18.0 Å². The van der Waals surface area contributed by atoms with Crippen molar-refractivity contribution in [3.8, 4) is 0 Å². The summed E-state index contributed by atoms with van der Waals surface area (Å²) < 4.78 is 5.34. The van der Waals surface area contributed by atoms with E-state index in [-0.39, 0.29) is 24.1 Å². The van der Waals surface area contributed by atoms with Crippen molar-refractivity contribution in [3.05, 3.63) is 0 Å². The zero-order valence-electron chi connectivity index (χ0n) is 13.9. The van der Waals surface area contributed by atoms with Crippen LogP contribution in [0.1, 0.15) is 47.5 Å². The van der Waals surface area contributed by atoms with Crippen molar-refractivity contribution in [3.63, 3.8) is 0 Å². The molecular formula is C15H25N3O4. The molecule has 0 aromatic rings. The number of hydrogen-bond donors (Lipinski definition) is 1. The summed E-state index contributed by atoms with van der Waals surface area (Å²) in [5.74, 6) is -0.184. The third-order valence-electron chi connectivity index (χ3n) is 3.98. The summed E-state index contributed by atoms with van der Waals surface area (Å²) >= 11 is 0. The van der Waals surface area contributed by atoms with Crippen LogP contribution in [0.3, 0.4) is 0 Å². The number of likely N-dealkylation sites (tertiary alicyclic amines) is 1. The maximum absolute atomic E-state index is 12.5. The second kappa shape index (κ2) is 5.44. The van der Waals surface area contributed by atoms with Crippen LogP contribution in [0.2, 0.25) is 0 Å². The molecule has 1 spiro atoms. The van der Waals surface area contributed by atoms with E-state index < -0.39 is 11.1 Å². The van der Waals surface area contributed by atoms with E-state index in [1.807, 2.05) is 34.6 Å². The van der Waals surface area contributed by atoms with E-state index >= 15 is 0 Å². The molecule has 22 heavy (non-hydrogen) atoms. The standard InChI is InChI=1S/C15H25N3O4/c1-10(2)18-11(19)15(16-12(18)20)6-8-17(9-7-15)13(21)22-14(3,4)5/h10H,6-9H2,1-5H3,(H,16,20). The van der Waals surface area contributed by atoms with Crippen molar-refractivity contribution < 1.29 is 19.1 Å². The number of hydrogen-bond acceptors (Lipinski definition) is 4. The molecule has 2 aliphatic rings. The molecule has 0 aliphatic carbocycles. The van der Waals surface area contributed by atoms with Gasteiger partial charge in [-0.25, -0.2) is 9.59 Å². The van der Waals surface area contributed by atoms with Crippen molar-refractivity contribution in [2.45, 2.75) is 64.6 Å². The smallest absolute Gasteiger partial charge is 0.410 e. The number of urea groups is 1. The van der Waals surface area contributed by atoms with E-state index in [1.54, 1.807) is 4.90 Å². The van der Waals surface area contributed by atoms with Crippen molar-refractivity contribution in [1.82, 2.24) is 15.1 Å². The Balaban J connectivity index is 2.02. The van der Waals surface area contributed by atoms with Crippen molar-refractivity contribution in [1.29, 1.82) is 0 Å². The number of amides is 4. The molecule has 0 atom stereocenters. The number of nitrogens with zero attached hydrogens (tertiary/aromatic N) is 2. The van der Waals surface area contributed by atoms with Crippen LogP contribution in [0.4, 0.5) is 9.59 Å². The molecule has 7 nitrogen and oxygen atoms in total. The fourth-order valence-electron chi connectivity index (χ4n) is 2.85. The molecule has 0 unspecified atom stereocenters. The van der Waals surface area contributed by atoms with E-state index in [2.05, 4.69) is 5.32 Å². The second-order valence-electron chi connectivity index (χ2n) is 7.25. The maximum Gasteiger partial charge on any atom is 0.410 e. The normalized spacial score (nSPS) is 21.5. The Kier molecular flexibility index (Phi) is 4.10. The van der Waals surface area contributed by atoms with Gasteiger partial charge in [0.1, 0.15) is 11.1 Å². The van der Waals surface area contributed by atoms with Gasteiger partial charge in [-0.3, -0.25) is 9.69 Å². The van der Waals surface area contributed by atoms with Gasteiger partial charge in [-0.2, -0.15) is 0 Å². The molecule has 2 fully saturated rings. The first-order valence-electron chi connectivity index (χ1n) is 7.69. The Morgan fingerprint density at radius 2 is 1.77 bits per heavy atom. The molecule has 0 saturated carbocycles. The number of rotatable bonds is 1. The Morgan fingerprint density at radius 1 is 1.23 bits per heavy atom. The highest BCUT2D eigenvalue weighted by atomic mass is 16.6. The van der Waals surface area contributed by atoms with E-state index in [0.717, 1.165) is 0 Å². The Morgan fingerprint density at radius 3 is 2.18 bits per heavy atom. The van der Waals surface area contributed by atoms with Gasteiger partial charge in [0.2, 0.25) is 0 Å². The number of piperidine rings is 1. The van der Waals surface area contributed by atoms with Crippen LogP contribution in [0, 0.1) is 0 Å². The predicted molar refractivity (Wildman–Crippen MR) is 80.3 cm³/mol. The van der Waals surface area contributed by atoms with Crippen LogP contribution in [0.5, 0.6) is 0 Å². The monoisotopic (exact) mass is 311 g/mol. The average Bonchev–Trinajstić information content (AvgIpc) is 2.59.